The number of benzene rings is 1. The maximum atomic E-state index is 11.3. The zero-order valence-corrected chi connectivity index (χ0v) is 13.4. The number of ether oxygens (including phenoxy) is 2. The van der Waals surface area contributed by atoms with Crippen LogP contribution in [0.3, 0.4) is 0 Å². The van der Waals surface area contributed by atoms with Crippen molar-refractivity contribution in [2.45, 2.75) is 6.92 Å². The summed E-state index contributed by atoms with van der Waals surface area (Å²) in [5, 5.41) is 16.5. The average Bonchev–Trinajstić information content (AvgIpc) is 2.93. The van der Waals surface area contributed by atoms with Crippen LogP contribution in [0.25, 0.3) is 5.52 Å². The summed E-state index contributed by atoms with van der Waals surface area (Å²) in [5.74, 6) is 0.686. The highest BCUT2D eigenvalue weighted by Gasteiger charge is 2.17. The van der Waals surface area contributed by atoms with E-state index in [1.54, 1.807) is 33.3 Å². The number of anilines is 2. The summed E-state index contributed by atoms with van der Waals surface area (Å²) in [6.45, 7) is 1.72. The highest BCUT2D eigenvalue weighted by atomic mass is 16.5. The normalized spacial score (nSPS) is 10.6. The number of aryl methyl sites for hydroxylation is 1. The molecule has 3 rings (SSSR count). The molecule has 0 aliphatic heterocycles. The summed E-state index contributed by atoms with van der Waals surface area (Å²) in [5.41, 5.74) is 2.10. The molecule has 0 radical (unpaired) electrons. The summed E-state index contributed by atoms with van der Waals surface area (Å²) in [6.07, 6.45) is 2.83. The largest absolute Gasteiger partial charge is 0.493 e. The molecule has 0 bridgehead atoms. The Hall–Kier alpha value is -3.29. The molecule has 0 amide bonds. The van der Waals surface area contributed by atoms with Crippen molar-refractivity contribution in [2.24, 2.45) is 0 Å². The second kappa shape index (κ2) is 6.07. The number of carboxylic acids is 1. The highest BCUT2D eigenvalue weighted by Crippen LogP contribution is 2.32. The minimum atomic E-state index is -1.00. The van der Waals surface area contributed by atoms with Gasteiger partial charge >= 0.3 is 5.97 Å². The third kappa shape index (κ3) is 2.58. The number of nitrogens with one attached hydrogen (secondary N) is 1. The summed E-state index contributed by atoms with van der Waals surface area (Å²) in [6, 6.07) is 5.36. The van der Waals surface area contributed by atoms with Gasteiger partial charge in [0.25, 0.3) is 0 Å². The van der Waals surface area contributed by atoms with Crippen molar-refractivity contribution in [3.05, 3.63) is 41.9 Å². The number of carbonyl (C=O) groups is 1. The van der Waals surface area contributed by atoms with Gasteiger partial charge in [-0.2, -0.15) is 5.10 Å². The smallest absolute Gasteiger partial charge is 0.337 e. The van der Waals surface area contributed by atoms with Gasteiger partial charge in [-0.05, 0) is 24.6 Å². The lowest BCUT2D eigenvalue weighted by molar-refractivity contribution is 0.0696. The Kier molecular flexibility index (Phi) is 3.95. The van der Waals surface area contributed by atoms with Crippen LogP contribution < -0.4 is 14.8 Å². The number of fused-ring (bicyclic) bond motifs is 1. The van der Waals surface area contributed by atoms with Gasteiger partial charge in [-0.1, -0.05) is 0 Å². The number of aromatic nitrogens is 3. The zero-order valence-electron chi connectivity index (χ0n) is 13.4. The van der Waals surface area contributed by atoms with Crippen LogP contribution in [-0.4, -0.2) is 39.9 Å². The number of hydrogen-bond acceptors (Lipinski definition) is 6. The average molecular weight is 328 g/mol. The number of hydrogen-bond donors (Lipinski definition) is 2. The van der Waals surface area contributed by atoms with E-state index in [9.17, 15) is 9.90 Å². The van der Waals surface area contributed by atoms with Gasteiger partial charge in [0.15, 0.2) is 17.3 Å². The molecule has 0 saturated carbocycles. The Labute approximate surface area is 137 Å². The molecule has 0 aliphatic rings. The zero-order chi connectivity index (χ0) is 17.3. The molecule has 1 aromatic carbocycles. The Morgan fingerprint density at radius 3 is 2.67 bits per heavy atom. The SMILES string of the molecule is COc1ccc(Nc2ncnn3cc(C(=O)O)c(C)c23)cc1OC. The Morgan fingerprint density at radius 2 is 2.00 bits per heavy atom. The topological polar surface area (TPSA) is 98.0 Å². The summed E-state index contributed by atoms with van der Waals surface area (Å²) in [4.78, 5) is 15.5. The van der Waals surface area contributed by atoms with Gasteiger partial charge in [-0.3, -0.25) is 0 Å². The molecular weight excluding hydrogens is 312 g/mol. The van der Waals surface area contributed by atoms with Crippen LogP contribution in [0.4, 0.5) is 11.5 Å². The van der Waals surface area contributed by atoms with Crippen LogP contribution in [-0.2, 0) is 0 Å². The van der Waals surface area contributed by atoms with Crippen molar-refractivity contribution >= 4 is 23.0 Å². The van der Waals surface area contributed by atoms with Crippen LogP contribution in [0.5, 0.6) is 11.5 Å². The lowest BCUT2D eigenvalue weighted by Gasteiger charge is -2.11. The van der Waals surface area contributed by atoms with Crippen LogP contribution >= 0.6 is 0 Å². The molecule has 0 fully saturated rings. The molecule has 0 spiro atoms. The van der Waals surface area contributed by atoms with Crippen molar-refractivity contribution in [1.82, 2.24) is 14.6 Å². The summed E-state index contributed by atoms with van der Waals surface area (Å²) >= 11 is 0. The standard InChI is InChI=1S/C16H16N4O4/c1-9-11(16(21)22)7-20-14(9)15(17-8-18-20)19-10-4-5-12(23-2)13(6-10)24-3/h4-8H,1-3H3,(H,21,22)(H,17,18,19). The molecule has 2 N–H and O–H groups in total. The van der Waals surface area contributed by atoms with Crippen molar-refractivity contribution in [2.75, 3.05) is 19.5 Å². The molecule has 24 heavy (non-hydrogen) atoms. The first kappa shape index (κ1) is 15.6. The lowest BCUT2D eigenvalue weighted by Crippen LogP contribution is -2.01. The Bertz CT molecular complexity index is 920. The minimum Gasteiger partial charge on any atom is -0.493 e. The first-order chi connectivity index (χ1) is 11.5. The fraction of sp³-hybridized carbons (Fsp3) is 0.188. The van der Waals surface area contributed by atoms with Gasteiger partial charge in [-0.25, -0.2) is 14.3 Å². The fourth-order valence-corrected chi connectivity index (χ4v) is 2.52. The van der Waals surface area contributed by atoms with E-state index >= 15 is 0 Å². The molecule has 8 nitrogen and oxygen atoms in total. The second-order valence-electron chi connectivity index (χ2n) is 5.07. The maximum absolute atomic E-state index is 11.3. The van der Waals surface area contributed by atoms with E-state index in [0.717, 1.165) is 5.69 Å². The molecule has 0 aliphatic carbocycles. The van der Waals surface area contributed by atoms with E-state index in [2.05, 4.69) is 15.4 Å². The summed E-state index contributed by atoms with van der Waals surface area (Å²) in [7, 11) is 3.12. The van der Waals surface area contributed by atoms with E-state index in [1.165, 1.54) is 17.0 Å². The van der Waals surface area contributed by atoms with E-state index < -0.39 is 5.97 Å². The highest BCUT2D eigenvalue weighted by molar-refractivity contribution is 5.94. The van der Waals surface area contributed by atoms with Crippen LogP contribution in [0.15, 0.2) is 30.7 Å². The number of carboxylic acid groups (broad SMARTS) is 1. The Morgan fingerprint density at radius 1 is 1.25 bits per heavy atom. The monoisotopic (exact) mass is 328 g/mol. The predicted molar refractivity (Wildman–Crippen MR) is 87.5 cm³/mol. The second-order valence-corrected chi connectivity index (χ2v) is 5.07. The van der Waals surface area contributed by atoms with Crippen molar-refractivity contribution in [3.8, 4) is 11.5 Å². The van der Waals surface area contributed by atoms with Crippen molar-refractivity contribution in [1.29, 1.82) is 0 Å². The molecule has 2 heterocycles. The third-order valence-electron chi connectivity index (χ3n) is 3.70. The van der Waals surface area contributed by atoms with Crippen molar-refractivity contribution in [3.63, 3.8) is 0 Å². The minimum absolute atomic E-state index is 0.186. The molecule has 0 unspecified atom stereocenters. The molecule has 8 heteroatoms. The van der Waals surface area contributed by atoms with E-state index in [4.69, 9.17) is 9.47 Å². The quantitative estimate of drug-likeness (QED) is 0.742. The Balaban J connectivity index is 2.06. The van der Waals surface area contributed by atoms with Gasteiger partial charge in [0, 0.05) is 18.0 Å². The van der Waals surface area contributed by atoms with Crippen LogP contribution in [0.2, 0.25) is 0 Å². The fourth-order valence-electron chi connectivity index (χ4n) is 2.52. The maximum Gasteiger partial charge on any atom is 0.337 e. The van der Waals surface area contributed by atoms with E-state index in [0.29, 0.717) is 28.4 Å². The van der Waals surface area contributed by atoms with E-state index in [-0.39, 0.29) is 5.56 Å². The molecular formula is C16H16N4O4. The van der Waals surface area contributed by atoms with Crippen molar-refractivity contribution < 1.29 is 19.4 Å². The van der Waals surface area contributed by atoms with Gasteiger partial charge in [-0.15, -0.1) is 0 Å². The number of methoxy groups -OCH3 is 2. The predicted octanol–water partition coefficient (Wildman–Crippen LogP) is 2.50. The molecule has 3 aromatic rings. The molecule has 124 valence electrons. The number of aromatic carboxylic acids is 1. The first-order valence-corrected chi connectivity index (χ1v) is 7.10. The van der Waals surface area contributed by atoms with Crippen LogP contribution in [0, 0.1) is 6.92 Å². The van der Waals surface area contributed by atoms with Gasteiger partial charge in [0.05, 0.1) is 19.8 Å². The lowest BCUT2D eigenvalue weighted by atomic mass is 10.2. The first-order valence-electron chi connectivity index (χ1n) is 7.10. The molecule has 0 atom stereocenters. The number of rotatable bonds is 5. The number of nitrogens with zero attached hydrogens (tertiary/aromatic N) is 3. The summed E-state index contributed by atoms with van der Waals surface area (Å²) < 4.78 is 12.0. The third-order valence-corrected chi connectivity index (χ3v) is 3.70. The molecule has 0 saturated heterocycles. The molecule has 2 aromatic heterocycles. The van der Waals surface area contributed by atoms with E-state index in [1.807, 2.05) is 6.07 Å². The van der Waals surface area contributed by atoms with Gasteiger partial charge in [0.2, 0.25) is 0 Å². The van der Waals surface area contributed by atoms with Crippen LogP contribution in [0.1, 0.15) is 15.9 Å². The van der Waals surface area contributed by atoms with Gasteiger partial charge < -0.3 is 19.9 Å². The van der Waals surface area contributed by atoms with Gasteiger partial charge in [0.1, 0.15) is 11.8 Å².